The number of hydrogen-bond donors (Lipinski definition) is 2. The van der Waals surface area contributed by atoms with E-state index in [2.05, 4.69) is 5.32 Å². The Bertz CT molecular complexity index is 256. The van der Waals surface area contributed by atoms with Crippen LogP contribution in [0.1, 0.15) is 0 Å². The molecule has 2 fully saturated rings. The lowest BCUT2D eigenvalue weighted by Gasteiger charge is -2.34. The summed E-state index contributed by atoms with van der Waals surface area (Å²) in [5.74, 6) is 0. The summed E-state index contributed by atoms with van der Waals surface area (Å²) in [6, 6.07) is -0.133. The molecule has 2 amide bonds. The highest BCUT2D eigenvalue weighted by atomic mass is 16.5. The molecule has 6 nitrogen and oxygen atoms in total. The number of carbonyl (C=O) groups excluding carboxylic acids is 1. The number of β-amino-alcohol motifs (C(OH)–C–C–N with tert-alkyl or cyclic N) is 1. The minimum absolute atomic E-state index is 0.0175. The molecule has 2 heterocycles. The van der Waals surface area contributed by atoms with Crippen molar-refractivity contribution in [1.82, 2.24) is 15.1 Å². The van der Waals surface area contributed by atoms with Crippen molar-refractivity contribution in [3.05, 3.63) is 0 Å². The van der Waals surface area contributed by atoms with E-state index < -0.39 is 6.10 Å². The van der Waals surface area contributed by atoms with E-state index in [1.807, 2.05) is 0 Å². The number of ether oxygens (including phenoxy) is 1. The highest BCUT2D eigenvalue weighted by Gasteiger charge is 2.33. The van der Waals surface area contributed by atoms with Gasteiger partial charge in [-0.1, -0.05) is 0 Å². The number of nitrogens with one attached hydrogen (secondary N) is 1. The molecule has 0 aromatic carbocycles. The second kappa shape index (κ2) is 4.99. The molecule has 0 spiro atoms. The van der Waals surface area contributed by atoms with E-state index >= 15 is 0 Å². The molecule has 0 radical (unpaired) electrons. The molecule has 0 saturated carbocycles. The van der Waals surface area contributed by atoms with E-state index in [0.717, 1.165) is 0 Å². The van der Waals surface area contributed by atoms with E-state index in [4.69, 9.17) is 4.74 Å². The summed E-state index contributed by atoms with van der Waals surface area (Å²) in [5, 5.41) is 12.8. The van der Waals surface area contributed by atoms with Crippen molar-refractivity contribution >= 4 is 6.03 Å². The van der Waals surface area contributed by atoms with Gasteiger partial charge in [0.1, 0.15) is 0 Å². The summed E-state index contributed by atoms with van der Waals surface area (Å²) in [7, 11) is 1.75. The Hall–Kier alpha value is -0.850. The topological polar surface area (TPSA) is 65.0 Å². The van der Waals surface area contributed by atoms with Gasteiger partial charge >= 0.3 is 6.03 Å². The summed E-state index contributed by atoms with van der Waals surface area (Å²) in [4.78, 5) is 15.5. The van der Waals surface area contributed by atoms with Gasteiger partial charge in [-0.2, -0.15) is 0 Å². The predicted octanol–water partition coefficient (Wildman–Crippen LogP) is -1.30. The fourth-order valence-electron chi connectivity index (χ4n) is 2.17. The minimum atomic E-state index is -0.463. The standard InChI is InChI=1S/C10H19N3O3/c1-12(8-6-11-7-9(8)14)10(15)13-2-4-16-5-3-13/h8-9,11,14H,2-7H2,1H3/t8-,9-/m1/s1. The molecule has 2 N–H and O–H groups in total. The minimum Gasteiger partial charge on any atom is -0.390 e. The zero-order valence-corrected chi connectivity index (χ0v) is 9.56. The largest absolute Gasteiger partial charge is 0.390 e. The van der Waals surface area contributed by atoms with Gasteiger partial charge in [0.15, 0.2) is 0 Å². The number of rotatable bonds is 1. The molecule has 0 aromatic rings. The molecule has 0 bridgehead atoms. The zero-order valence-electron chi connectivity index (χ0n) is 9.56. The van der Waals surface area contributed by atoms with E-state index in [1.54, 1.807) is 16.8 Å². The van der Waals surface area contributed by atoms with Crippen LogP contribution in [0.2, 0.25) is 0 Å². The average Bonchev–Trinajstić information content (AvgIpc) is 2.75. The van der Waals surface area contributed by atoms with Gasteiger partial charge in [0.05, 0.1) is 25.4 Å². The SMILES string of the molecule is CN(C(=O)N1CCOCC1)[C@@H]1CNC[C@H]1O. The number of hydrogen-bond acceptors (Lipinski definition) is 4. The molecule has 2 saturated heterocycles. The van der Waals surface area contributed by atoms with E-state index in [-0.39, 0.29) is 12.1 Å². The molecule has 2 aliphatic rings. The Kier molecular flexibility index (Phi) is 3.63. The fourth-order valence-corrected chi connectivity index (χ4v) is 2.17. The first kappa shape index (κ1) is 11.6. The third-order valence-corrected chi connectivity index (χ3v) is 3.23. The maximum absolute atomic E-state index is 12.1. The summed E-state index contributed by atoms with van der Waals surface area (Å²) >= 11 is 0. The maximum atomic E-state index is 12.1. The fraction of sp³-hybridized carbons (Fsp3) is 0.900. The highest BCUT2D eigenvalue weighted by molar-refractivity contribution is 5.74. The van der Waals surface area contributed by atoms with Crippen LogP contribution in [0.3, 0.4) is 0 Å². The molecule has 0 aliphatic carbocycles. The number of nitrogens with zero attached hydrogens (tertiary/aromatic N) is 2. The lowest BCUT2D eigenvalue weighted by atomic mass is 10.2. The molecule has 16 heavy (non-hydrogen) atoms. The number of morpholine rings is 1. The summed E-state index contributed by atoms with van der Waals surface area (Å²) in [6.45, 7) is 3.70. The first-order valence-corrected chi connectivity index (χ1v) is 5.68. The van der Waals surface area contributed by atoms with Gasteiger partial charge in [0.25, 0.3) is 0 Å². The van der Waals surface area contributed by atoms with Crippen molar-refractivity contribution in [2.45, 2.75) is 12.1 Å². The molecule has 0 unspecified atom stereocenters. The van der Waals surface area contributed by atoms with Crippen molar-refractivity contribution < 1.29 is 14.6 Å². The number of amides is 2. The number of carbonyl (C=O) groups is 1. The Morgan fingerprint density at radius 3 is 2.69 bits per heavy atom. The van der Waals surface area contributed by atoms with Crippen LogP contribution in [0.4, 0.5) is 4.79 Å². The Labute approximate surface area is 95.2 Å². The third kappa shape index (κ3) is 2.28. The van der Waals surface area contributed by atoms with Gasteiger partial charge in [-0.15, -0.1) is 0 Å². The monoisotopic (exact) mass is 229 g/mol. The van der Waals surface area contributed by atoms with Crippen LogP contribution in [0.15, 0.2) is 0 Å². The van der Waals surface area contributed by atoms with Gasteiger partial charge in [0, 0.05) is 33.2 Å². The van der Waals surface area contributed by atoms with Crippen molar-refractivity contribution in [3.63, 3.8) is 0 Å². The summed E-state index contributed by atoms with van der Waals surface area (Å²) < 4.78 is 5.20. The van der Waals surface area contributed by atoms with Gasteiger partial charge in [0.2, 0.25) is 0 Å². The van der Waals surface area contributed by atoms with E-state index in [9.17, 15) is 9.90 Å². The van der Waals surface area contributed by atoms with Gasteiger partial charge in [-0.05, 0) is 0 Å². The normalized spacial score (nSPS) is 30.5. The quantitative estimate of drug-likeness (QED) is 0.587. The van der Waals surface area contributed by atoms with Crippen LogP contribution in [0.25, 0.3) is 0 Å². The number of urea groups is 1. The van der Waals surface area contributed by atoms with Gasteiger partial charge in [-0.25, -0.2) is 4.79 Å². The van der Waals surface area contributed by atoms with Crippen LogP contribution < -0.4 is 5.32 Å². The molecule has 92 valence electrons. The lowest BCUT2D eigenvalue weighted by Crippen LogP contribution is -2.52. The molecule has 0 aromatic heterocycles. The first-order valence-electron chi connectivity index (χ1n) is 5.68. The number of aliphatic hydroxyl groups excluding tert-OH is 1. The van der Waals surface area contributed by atoms with Gasteiger partial charge < -0.3 is 25.0 Å². The highest BCUT2D eigenvalue weighted by Crippen LogP contribution is 2.11. The summed E-state index contributed by atoms with van der Waals surface area (Å²) in [5.41, 5.74) is 0. The Balaban J connectivity index is 1.92. The molecular weight excluding hydrogens is 210 g/mol. The van der Waals surface area contributed by atoms with Crippen molar-refractivity contribution in [2.24, 2.45) is 0 Å². The van der Waals surface area contributed by atoms with Gasteiger partial charge in [-0.3, -0.25) is 0 Å². The number of aliphatic hydroxyl groups is 1. The molecule has 2 atom stereocenters. The second-order valence-corrected chi connectivity index (χ2v) is 4.29. The smallest absolute Gasteiger partial charge is 0.320 e. The lowest BCUT2D eigenvalue weighted by molar-refractivity contribution is 0.0354. The third-order valence-electron chi connectivity index (χ3n) is 3.23. The van der Waals surface area contributed by atoms with Crippen LogP contribution in [0.5, 0.6) is 0 Å². The van der Waals surface area contributed by atoms with Crippen LogP contribution >= 0.6 is 0 Å². The second-order valence-electron chi connectivity index (χ2n) is 4.29. The maximum Gasteiger partial charge on any atom is 0.320 e. The van der Waals surface area contributed by atoms with E-state index in [0.29, 0.717) is 39.4 Å². The molecule has 2 aliphatic heterocycles. The number of likely N-dealkylation sites (N-methyl/N-ethyl adjacent to an activating group) is 1. The van der Waals surface area contributed by atoms with Crippen LogP contribution in [-0.4, -0.2) is 79.5 Å². The first-order chi connectivity index (χ1) is 7.70. The predicted molar refractivity (Wildman–Crippen MR) is 58.2 cm³/mol. The van der Waals surface area contributed by atoms with Crippen LogP contribution in [-0.2, 0) is 4.74 Å². The van der Waals surface area contributed by atoms with Crippen LogP contribution in [0, 0.1) is 0 Å². The summed E-state index contributed by atoms with van der Waals surface area (Å²) in [6.07, 6.45) is -0.463. The molecular formula is C10H19N3O3. The zero-order chi connectivity index (χ0) is 11.5. The molecule has 2 rings (SSSR count). The van der Waals surface area contributed by atoms with Crippen molar-refractivity contribution in [3.8, 4) is 0 Å². The van der Waals surface area contributed by atoms with Crippen molar-refractivity contribution in [2.75, 3.05) is 46.4 Å². The molecule has 6 heteroatoms. The average molecular weight is 229 g/mol. The van der Waals surface area contributed by atoms with Crippen molar-refractivity contribution in [1.29, 1.82) is 0 Å². The Morgan fingerprint density at radius 1 is 1.44 bits per heavy atom. The Morgan fingerprint density at radius 2 is 2.12 bits per heavy atom. The van der Waals surface area contributed by atoms with E-state index in [1.165, 1.54) is 0 Å².